The minimum absolute atomic E-state index is 0.00400. The summed E-state index contributed by atoms with van der Waals surface area (Å²) in [6, 6.07) is 22.1. The van der Waals surface area contributed by atoms with E-state index in [0.717, 1.165) is 16.8 Å². The third-order valence-corrected chi connectivity index (χ3v) is 6.49. The lowest BCUT2D eigenvalue weighted by atomic mass is 9.83. The molecule has 0 spiro atoms. The number of amides is 2. The SMILES string of the molecule is COc1cc(CNC(=O)[C@H]2CCC(=O)N(c3ccccc3)[C@@H]2c2ccc(Cl)cc2)ccc1OC(C)C. The molecule has 0 saturated carbocycles. The Morgan fingerprint density at radius 2 is 1.78 bits per heavy atom. The minimum Gasteiger partial charge on any atom is -0.493 e. The smallest absolute Gasteiger partial charge is 0.227 e. The van der Waals surface area contributed by atoms with E-state index in [1.54, 1.807) is 24.1 Å². The maximum Gasteiger partial charge on any atom is 0.227 e. The summed E-state index contributed by atoms with van der Waals surface area (Å²) in [7, 11) is 1.60. The third-order valence-electron chi connectivity index (χ3n) is 6.24. The van der Waals surface area contributed by atoms with Gasteiger partial charge in [-0.15, -0.1) is 0 Å². The lowest BCUT2D eigenvalue weighted by Gasteiger charge is -2.41. The summed E-state index contributed by atoms with van der Waals surface area (Å²) in [5, 5.41) is 3.68. The Hall–Kier alpha value is -3.51. The van der Waals surface area contributed by atoms with Crippen LogP contribution in [0.4, 0.5) is 5.69 Å². The van der Waals surface area contributed by atoms with Gasteiger partial charge in [0.15, 0.2) is 11.5 Å². The number of para-hydroxylation sites is 1. The van der Waals surface area contributed by atoms with E-state index in [1.165, 1.54) is 0 Å². The van der Waals surface area contributed by atoms with Crippen molar-refractivity contribution in [1.29, 1.82) is 0 Å². The lowest BCUT2D eigenvalue weighted by Crippen LogP contribution is -2.48. The van der Waals surface area contributed by atoms with Crippen LogP contribution in [0.1, 0.15) is 43.9 Å². The Morgan fingerprint density at radius 3 is 2.44 bits per heavy atom. The molecule has 0 bridgehead atoms. The molecule has 7 heteroatoms. The van der Waals surface area contributed by atoms with Gasteiger partial charge in [0.1, 0.15) is 0 Å². The largest absolute Gasteiger partial charge is 0.493 e. The lowest BCUT2D eigenvalue weighted by molar-refractivity contribution is -0.129. The van der Waals surface area contributed by atoms with Crippen molar-refractivity contribution < 1.29 is 19.1 Å². The van der Waals surface area contributed by atoms with Gasteiger partial charge in [-0.25, -0.2) is 0 Å². The molecule has 1 fully saturated rings. The Balaban J connectivity index is 1.58. The molecule has 4 rings (SSSR count). The molecule has 0 aliphatic carbocycles. The number of methoxy groups -OCH3 is 1. The van der Waals surface area contributed by atoms with Crippen LogP contribution in [0.5, 0.6) is 11.5 Å². The van der Waals surface area contributed by atoms with Gasteiger partial charge in [-0.1, -0.05) is 48.0 Å². The second kappa shape index (κ2) is 11.5. The van der Waals surface area contributed by atoms with E-state index >= 15 is 0 Å². The summed E-state index contributed by atoms with van der Waals surface area (Å²) >= 11 is 6.13. The molecule has 1 N–H and O–H groups in total. The fraction of sp³-hybridized carbons (Fsp3) is 0.310. The second-order valence-corrected chi connectivity index (χ2v) is 9.55. The van der Waals surface area contributed by atoms with Crippen molar-refractivity contribution in [3.05, 3.63) is 88.9 Å². The molecule has 0 aromatic heterocycles. The van der Waals surface area contributed by atoms with Crippen molar-refractivity contribution in [2.45, 2.75) is 45.4 Å². The number of halogens is 1. The quantitative estimate of drug-likeness (QED) is 0.410. The summed E-state index contributed by atoms with van der Waals surface area (Å²) in [4.78, 5) is 28.4. The molecule has 3 aromatic carbocycles. The van der Waals surface area contributed by atoms with Crippen LogP contribution in [0.3, 0.4) is 0 Å². The average molecular weight is 507 g/mol. The first-order valence-electron chi connectivity index (χ1n) is 12.1. The van der Waals surface area contributed by atoms with E-state index in [-0.39, 0.29) is 17.9 Å². The highest BCUT2D eigenvalue weighted by Gasteiger charge is 2.41. The predicted molar refractivity (Wildman–Crippen MR) is 141 cm³/mol. The van der Waals surface area contributed by atoms with Crippen molar-refractivity contribution in [2.24, 2.45) is 5.92 Å². The van der Waals surface area contributed by atoms with Crippen molar-refractivity contribution in [3.63, 3.8) is 0 Å². The number of nitrogens with one attached hydrogen (secondary N) is 1. The number of hydrogen-bond donors (Lipinski definition) is 1. The zero-order valence-corrected chi connectivity index (χ0v) is 21.5. The number of hydrogen-bond acceptors (Lipinski definition) is 4. The van der Waals surface area contributed by atoms with Gasteiger partial charge in [-0.3, -0.25) is 9.59 Å². The van der Waals surface area contributed by atoms with Crippen LogP contribution in [0.15, 0.2) is 72.8 Å². The van der Waals surface area contributed by atoms with Crippen LogP contribution >= 0.6 is 11.6 Å². The zero-order chi connectivity index (χ0) is 25.7. The molecular weight excluding hydrogens is 476 g/mol. The predicted octanol–water partition coefficient (Wildman–Crippen LogP) is 5.94. The number of carbonyl (C=O) groups is 2. The van der Waals surface area contributed by atoms with Crippen molar-refractivity contribution in [2.75, 3.05) is 12.0 Å². The normalized spacial score (nSPS) is 17.7. The average Bonchev–Trinajstić information content (AvgIpc) is 2.88. The van der Waals surface area contributed by atoms with E-state index in [9.17, 15) is 9.59 Å². The van der Waals surface area contributed by atoms with Crippen molar-refractivity contribution >= 4 is 29.1 Å². The van der Waals surface area contributed by atoms with E-state index in [2.05, 4.69) is 5.32 Å². The maximum atomic E-state index is 13.5. The summed E-state index contributed by atoms with van der Waals surface area (Å²) in [5.74, 6) is 0.748. The summed E-state index contributed by atoms with van der Waals surface area (Å²) in [6.07, 6.45) is 0.786. The molecule has 2 atom stereocenters. The van der Waals surface area contributed by atoms with E-state index in [1.807, 2.05) is 74.5 Å². The van der Waals surface area contributed by atoms with Gasteiger partial charge in [0, 0.05) is 23.7 Å². The number of ether oxygens (including phenoxy) is 2. The first-order valence-corrected chi connectivity index (χ1v) is 12.5. The molecule has 1 aliphatic rings. The Morgan fingerprint density at radius 1 is 1.06 bits per heavy atom. The van der Waals surface area contributed by atoms with Crippen LogP contribution in [0, 0.1) is 5.92 Å². The number of nitrogens with zero attached hydrogens (tertiary/aromatic N) is 1. The van der Waals surface area contributed by atoms with Crippen molar-refractivity contribution in [1.82, 2.24) is 5.32 Å². The van der Waals surface area contributed by atoms with Gasteiger partial charge in [-0.05, 0) is 67.8 Å². The number of carbonyl (C=O) groups excluding carboxylic acids is 2. The topological polar surface area (TPSA) is 67.9 Å². The van der Waals surface area contributed by atoms with Gasteiger partial charge in [0.05, 0.1) is 25.2 Å². The highest BCUT2D eigenvalue weighted by atomic mass is 35.5. The van der Waals surface area contributed by atoms with Gasteiger partial charge in [0.2, 0.25) is 11.8 Å². The van der Waals surface area contributed by atoms with Crippen LogP contribution in [-0.4, -0.2) is 25.0 Å². The second-order valence-electron chi connectivity index (χ2n) is 9.11. The minimum atomic E-state index is -0.442. The van der Waals surface area contributed by atoms with Gasteiger partial charge >= 0.3 is 0 Å². The molecule has 2 amide bonds. The summed E-state index contributed by atoms with van der Waals surface area (Å²) in [6.45, 7) is 4.25. The van der Waals surface area contributed by atoms with Crippen LogP contribution in [0.25, 0.3) is 0 Å². The molecule has 0 unspecified atom stereocenters. The van der Waals surface area contributed by atoms with E-state index < -0.39 is 12.0 Å². The molecule has 188 valence electrons. The standard InChI is InChI=1S/C29H31ClN2O4/c1-19(2)36-25-15-9-20(17-26(25)35-3)18-31-29(34)24-14-16-27(33)32(23-7-5-4-6-8-23)28(24)21-10-12-22(30)13-11-21/h4-13,15,17,19,24,28H,14,16,18H2,1-3H3,(H,31,34)/t24-,28+/m0/s1. The molecule has 1 saturated heterocycles. The number of benzene rings is 3. The van der Waals surface area contributed by atoms with Gasteiger partial charge in [-0.2, -0.15) is 0 Å². The number of anilines is 1. The molecule has 6 nitrogen and oxygen atoms in total. The first kappa shape index (κ1) is 25.6. The fourth-order valence-electron chi connectivity index (χ4n) is 4.59. The molecular formula is C29H31ClN2O4. The Kier molecular flexibility index (Phi) is 8.16. The van der Waals surface area contributed by atoms with Crippen LogP contribution in [-0.2, 0) is 16.1 Å². The molecule has 1 aliphatic heterocycles. The van der Waals surface area contributed by atoms with Crippen LogP contribution in [0.2, 0.25) is 5.02 Å². The molecule has 36 heavy (non-hydrogen) atoms. The Bertz CT molecular complexity index is 1200. The summed E-state index contributed by atoms with van der Waals surface area (Å²) in [5.41, 5.74) is 2.53. The Labute approximate surface area is 217 Å². The maximum absolute atomic E-state index is 13.5. The van der Waals surface area contributed by atoms with Gasteiger partial charge in [0.25, 0.3) is 0 Å². The highest BCUT2D eigenvalue weighted by Crippen LogP contribution is 2.40. The number of piperidine rings is 1. The number of rotatable bonds is 8. The highest BCUT2D eigenvalue weighted by molar-refractivity contribution is 6.30. The van der Waals surface area contributed by atoms with E-state index in [4.69, 9.17) is 21.1 Å². The van der Waals surface area contributed by atoms with Crippen molar-refractivity contribution in [3.8, 4) is 11.5 Å². The fourth-order valence-corrected chi connectivity index (χ4v) is 4.72. The van der Waals surface area contributed by atoms with Crippen LogP contribution < -0.4 is 19.7 Å². The molecule has 0 radical (unpaired) electrons. The molecule has 1 heterocycles. The zero-order valence-electron chi connectivity index (χ0n) is 20.7. The van der Waals surface area contributed by atoms with Gasteiger partial charge < -0.3 is 19.7 Å². The monoisotopic (exact) mass is 506 g/mol. The first-order chi connectivity index (χ1) is 17.4. The third kappa shape index (κ3) is 5.82. The molecule has 3 aromatic rings. The summed E-state index contributed by atoms with van der Waals surface area (Å²) < 4.78 is 11.3. The van der Waals surface area contributed by atoms with E-state index in [0.29, 0.717) is 35.9 Å².